The monoisotopic (exact) mass is 310 g/mol. The second kappa shape index (κ2) is 6.04. The number of pyridine rings is 1. The van der Waals surface area contributed by atoms with Gasteiger partial charge in [-0.25, -0.2) is 18.2 Å². The molecular weight excluding hydrogens is 296 g/mol. The Morgan fingerprint density at radius 3 is 2.76 bits per heavy atom. The van der Waals surface area contributed by atoms with Gasteiger partial charge in [0.2, 0.25) is 5.91 Å². The van der Waals surface area contributed by atoms with Crippen LogP contribution in [0.5, 0.6) is 0 Å². The Labute approximate surface area is 121 Å². The summed E-state index contributed by atoms with van der Waals surface area (Å²) in [5.41, 5.74) is 0.384. The summed E-state index contributed by atoms with van der Waals surface area (Å²) in [7, 11) is -3.12. The van der Waals surface area contributed by atoms with E-state index in [1.165, 1.54) is 6.08 Å². The molecule has 0 radical (unpaired) electrons. The minimum absolute atomic E-state index is 0.0277. The number of sulfone groups is 1. The number of hydrogen-bond donors (Lipinski definition) is 2. The molecule has 1 fully saturated rings. The van der Waals surface area contributed by atoms with Gasteiger partial charge in [0.05, 0.1) is 23.1 Å². The lowest BCUT2D eigenvalue weighted by molar-refractivity contribution is -0.131. The minimum atomic E-state index is -3.12. The van der Waals surface area contributed by atoms with E-state index in [1.54, 1.807) is 18.2 Å². The number of nitrogens with one attached hydrogen (secondary N) is 1. The highest BCUT2D eigenvalue weighted by Crippen LogP contribution is 2.20. The number of carbonyl (C=O) groups is 2. The quantitative estimate of drug-likeness (QED) is 0.785. The van der Waals surface area contributed by atoms with Crippen LogP contribution in [-0.4, -0.2) is 41.9 Å². The van der Waals surface area contributed by atoms with Crippen LogP contribution in [0.1, 0.15) is 12.1 Å². The molecule has 1 aliphatic heterocycles. The zero-order chi connectivity index (χ0) is 15.5. The van der Waals surface area contributed by atoms with Crippen molar-refractivity contribution in [1.82, 2.24) is 4.98 Å². The molecule has 0 aliphatic carbocycles. The van der Waals surface area contributed by atoms with Crippen LogP contribution in [0.4, 0.5) is 5.82 Å². The van der Waals surface area contributed by atoms with Crippen LogP contribution in [0, 0.1) is 5.92 Å². The number of anilines is 1. The number of aliphatic carboxylic acids is 1. The molecule has 1 unspecified atom stereocenters. The SMILES string of the molecule is O=C(O)C=Cc1cccc(NC(=O)C2CCS(=O)(=O)C2)n1. The van der Waals surface area contributed by atoms with E-state index in [-0.39, 0.29) is 23.2 Å². The molecule has 21 heavy (non-hydrogen) atoms. The van der Waals surface area contributed by atoms with E-state index in [0.29, 0.717) is 12.1 Å². The largest absolute Gasteiger partial charge is 0.478 e. The van der Waals surface area contributed by atoms with Crippen molar-refractivity contribution in [3.63, 3.8) is 0 Å². The van der Waals surface area contributed by atoms with Gasteiger partial charge in [-0.3, -0.25) is 4.79 Å². The molecule has 2 rings (SSSR count). The van der Waals surface area contributed by atoms with E-state index in [0.717, 1.165) is 6.08 Å². The van der Waals surface area contributed by atoms with Gasteiger partial charge in [0.25, 0.3) is 0 Å². The van der Waals surface area contributed by atoms with Crippen molar-refractivity contribution >= 4 is 33.6 Å². The van der Waals surface area contributed by atoms with Gasteiger partial charge in [0, 0.05) is 6.08 Å². The maximum Gasteiger partial charge on any atom is 0.328 e. The fourth-order valence-electron chi connectivity index (χ4n) is 2.00. The maximum atomic E-state index is 12.0. The molecule has 112 valence electrons. The van der Waals surface area contributed by atoms with Gasteiger partial charge in [-0.15, -0.1) is 0 Å². The van der Waals surface area contributed by atoms with Crippen LogP contribution < -0.4 is 5.32 Å². The normalized spacial score (nSPS) is 20.5. The predicted octanol–water partition coefficient (Wildman–Crippen LogP) is 0.553. The number of carbonyl (C=O) groups excluding carboxylic acids is 1. The van der Waals surface area contributed by atoms with Gasteiger partial charge < -0.3 is 10.4 Å². The Balaban J connectivity index is 2.04. The average molecular weight is 310 g/mol. The first kappa shape index (κ1) is 15.2. The zero-order valence-electron chi connectivity index (χ0n) is 11.0. The highest BCUT2D eigenvalue weighted by molar-refractivity contribution is 7.91. The first-order valence-electron chi connectivity index (χ1n) is 6.25. The van der Waals surface area contributed by atoms with Gasteiger partial charge in [-0.2, -0.15) is 0 Å². The predicted molar refractivity (Wildman–Crippen MR) is 76.3 cm³/mol. The fourth-order valence-corrected chi connectivity index (χ4v) is 3.74. The Morgan fingerprint density at radius 2 is 2.14 bits per heavy atom. The van der Waals surface area contributed by atoms with E-state index >= 15 is 0 Å². The lowest BCUT2D eigenvalue weighted by Gasteiger charge is -2.09. The van der Waals surface area contributed by atoms with Gasteiger partial charge in [-0.05, 0) is 24.6 Å². The van der Waals surface area contributed by atoms with Crippen molar-refractivity contribution in [3.05, 3.63) is 30.0 Å². The summed E-state index contributed by atoms with van der Waals surface area (Å²) in [5, 5.41) is 11.1. The summed E-state index contributed by atoms with van der Waals surface area (Å²) in [6, 6.07) is 4.77. The highest BCUT2D eigenvalue weighted by Gasteiger charge is 2.33. The van der Waals surface area contributed by atoms with E-state index in [4.69, 9.17) is 5.11 Å². The van der Waals surface area contributed by atoms with Crippen molar-refractivity contribution in [2.45, 2.75) is 6.42 Å². The summed E-state index contributed by atoms with van der Waals surface area (Å²) in [4.78, 5) is 26.4. The van der Waals surface area contributed by atoms with E-state index in [2.05, 4.69) is 10.3 Å². The van der Waals surface area contributed by atoms with Crippen LogP contribution in [0.3, 0.4) is 0 Å². The molecule has 1 aromatic rings. The van der Waals surface area contributed by atoms with E-state index in [1.807, 2.05) is 0 Å². The summed E-state index contributed by atoms with van der Waals surface area (Å²) in [6.45, 7) is 0. The molecule has 2 heterocycles. The number of aromatic nitrogens is 1. The third kappa shape index (κ3) is 4.38. The van der Waals surface area contributed by atoms with Crippen LogP contribution >= 0.6 is 0 Å². The molecule has 7 nitrogen and oxygen atoms in total. The van der Waals surface area contributed by atoms with Crippen molar-refractivity contribution < 1.29 is 23.1 Å². The van der Waals surface area contributed by atoms with Crippen molar-refractivity contribution in [1.29, 1.82) is 0 Å². The number of nitrogens with zero attached hydrogens (tertiary/aromatic N) is 1. The molecule has 1 atom stereocenters. The van der Waals surface area contributed by atoms with Gasteiger partial charge >= 0.3 is 5.97 Å². The summed E-state index contributed by atoms with van der Waals surface area (Å²) in [5.74, 6) is -1.89. The average Bonchev–Trinajstić information content (AvgIpc) is 2.77. The Morgan fingerprint density at radius 1 is 1.38 bits per heavy atom. The number of rotatable bonds is 4. The molecule has 0 aromatic carbocycles. The number of amides is 1. The molecule has 2 N–H and O–H groups in total. The molecule has 0 spiro atoms. The fraction of sp³-hybridized carbons (Fsp3) is 0.308. The number of carboxylic acids is 1. The van der Waals surface area contributed by atoms with Gasteiger partial charge in [0.1, 0.15) is 5.82 Å². The zero-order valence-corrected chi connectivity index (χ0v) is 11.8. The summed E-state index contributed by atoms with van der Waals surface area (Å²) < 4.78 is 22.7. The van der Waals surface area contributed by atoms with Crippen LogP contribution in [-0.2, 0) is 19.4 Å². The smallest absolute Gasteiger partial charge is 0.328 e. The highest BCUT2D eigenvalue weighted by atomic mass is 32.2. The number of carboxylic acid groups (broad SMARTS) is 1. The van der Waals surface area contributed by atoms with Crippen LogP contribution in [0.15, 0.2) is 24.3 Å². The van der Waals surface area contributed by atoms with Crippen molar-refractivity contribution in [2.75, 3.05) is 16.8 Å². The van der Waals surface area contributed by atoms with Crippen molar-refractivity contribution in [3.8, 4) is 0 Å². The third-order valence-electron chi connectivity index (χ3n) is 3.02. The molecule has 0 bridgehead atoms. The second-order valence-electron chi connectivity index (χ2n) is 4.71. The first-order chi connectivity index (χ1) is 9.85. The molecule has 8 heteroatoms. The maximum absolute atomic E-state index is 12.0. The van der Waals surface area contributed by atoms with Gasteiger partial charge in [0.15, 0.2) is 9.84 Å². The second-order valence-corrected chi connectivity index (χ2v) is 6.94. The molecule has 0 saturated carbocycles. The Bertz CT molecular complexity index is 696. The molecule has 1 aliphatic rings. The summed E-state index contributed by atoms with van der Waals surface area (Å²) >= 11 is 0. The minimum Gasteiger partial charge on any atom is -0.478 e. The third-order valence-corrected chi connectivity index (χ3v) is 4.79. The molecule has 1 aromatic heterocycles. The molecular formula is C13H14N2O5S. The van der Waals surface area contributed by atoms with Crippen LogP contribution in [0.2, 0.25) is 0 Å². The van der Waals surface area contributed by atoms with E-state index < -0.39 is 21.7 Å². The first-order valence-corrected chi connectivity index (χ1v) is 8.07. The molecule has 1 amide bonds. The standard InChI is InChI=1S/C13H14N2O5S/c16-12(17)5-4-10-2-1-3-11(14-10)15-13(18)9-6-7-21(19,20)8-9/h1-5,9H,6-8H2,(H,16,17)(H,14,15,18). The van der Waals surface area contributed by atoms with E-state index in [9.17, 15) is 18.0 Å². The number of hydrogen-bond acceptors (Lipinski definition) is 5. The Kier molecular flexibility index (Phi) is 4.37. The summed E-state index contributed by atoms with van der Waals surface area (Å²) in [6.07, 6.45) is 2.56. The Hall–Kier alpha value is -2.22. The lowest BCUT2D eigenvalue weighted by Crippen LogP contribution is -2.24. The molecule has 1 saturated heterocycles. The van der Waals surface area contributed by atoms with Crippen molar-refractivity contribution in [2.24, 2.45) is 5.92 Å². The van der Waals surface area contributed by atoms with Crippen LogP contribution in [0.25, 0.3) is 6.08 Å². The lowest BCUT2D eigenvalue weighted by atomic mass is 10.1. The van der Waals surface area contributed by atoms with Gasteiger partial charge in [-0.1, -0.05) is 6.07 Å². The topological polar surface area (TPSA) is 113 Å².